The molecule has 0 saturated heterocycles. The highest BCUT2D eigenvalue weighted by Gasteiger charge is 2.15. The minimum Gasteiger partial charge on any atom is -0.360 e. The first-order valence-electron chi connectivity index (χ1n) is 8.49. The molecule has 0 unspecified atom stereocenters. The summed E-state index contributed by atoms with van der Waals surface area (Å²) in [6.07, 6.45) is 5.33. The van der Waals surface area contributed by atoms with E-state index in [0.29, 0.717) is 17.7 Å². The van der Waals surface area contributed by atoms with Crippen molar-refractivity contribution in [3.63, 3.8) is 0 Å². The second kappa shape index (κ2) is 7.17. The number of benzene rings is 1. The van der Waals surface area contributed by atoms with Crippen LogP contribution in [0.2, 0.25) is 0 Å². The molecular formula is C20H18N6O. The number of rotatable bonds is 5. The van der Waals surface area contributed by atoms with Crippen molar-refractivity contribution < 1.29 is 4.79 Å². The summed E-state index contributed by atoms with van der Waals surface area (Å²) in [5, 5.41) is 5.46. The highest BCUT2D eigenvalue weighted by molar-refractivity contribution is 5.93. The van der Waals surface area contributed by atoms with Gasteiger partial charge in [0.2, 0.25) is 0 Å². The molecule has 1 aromatic carbocycles. The first-order chi connectivity index (χ1) is 13.2. The smallest absolute Gasteiger partial charge is 0.319 e. The minimum atomic E-state index is -0.296. The van der Waals surface area contributed by atoms with Crippen molar-refractivity contribution in [3.05, 3.63) is 67.5 Å². The normalized spacial score (nSPS) is 10.7. The van der Waals surface area contributed by atoms with E-state index in [2.05, 4.69) is 27.2 Å². The summed E-state index contributed by atoms with van der Waals surface area (Å²) in [6, 6.07) is 12.9. The summed E-state index contributed by atoms with van der Waals surface area (Å²) in [5.41, 5.74) is 5.34. The zero-order valence-corrected chi connectivity index (χ0v) is 14.5. The van der Waals surface area contributed by atoms with Gasteiger partial charge >= 0.3 is 6.03 Å². The lowest BCUT2D eigenvalue weighted by Gasteiger charge is -2.10. The monoisotopic (exact) mass is 358 g/mol. The first-order valence-corrected chi connectivity index (χ1v) is 8.49. The van der Waals surface area contributed by atoms with Gasteiger partial charge in [0.1, 0.15) is 11.4 Å². The van der Waals surface area contributed by atoms with Gasteiger partial charge in [0.25, 0.3) is 0 Å². The third-order valence-electron chi connectivity index (χ3n) is 4.04. The highest BCUT2D eigenvalue weighted by atomic mass is 16.2. The van der Waals surface area contributed by atoms with Crippen LogP contribution in [0.5, 0.6) is 0 Å². The Bertz CT molecular complexity index is 1080. The van der Waals surface area contributed by atoms with E-state index in [1.165, 1.54) is 0 Å². The topological polar surface area (TPSA) is 98.5 Å². The molecule has 0 aliphatic heterocycles. The summed E-state index contributed by atoms with van der Waals surface area (Å²) in [7, 11) is 0. The van der Waals surface area contributed by atoms with Gasteiger partial charge in [-0.15, -0.1) is 6.58 Å². The van der Waals surface area contributed by atoms with Crippen LogP contribution in [0.4, 0.5) is 10.5 Å². The number of fused-ring (bicyclic) bond motifs is 1. The van der Waals surface area contributed by atoms with Crippen molar-refractivity contribution in [2.24, 2.45) is 0 Å². The van der Waals surface area contributed by atoms with E-state index in [4.69, 9.17) is 9.97 Å². The molecule has 134 valence electrons. The Morgan fingerprint density at radius 2 is 1.67 bits per heavy atom. The quantitative estimate of drug-likeness (QED) is 0.407. The lowest BCUT2D eigenvalue weighted by molar-refractivity contribution is 0.253. The molecule has 0 aliphatic carbocycles. The molecule has 0 saturated carbocycles. The number of hydrogen-bond donors (Lipinski definition) is 4. The van der Waals surface area contributed by atoms with E-state index in [-0.39, 0.29) is 6.03 Å². The van der Waals surface area contributed by atoms with Gasteiger partial charge < -0.3 is 20.6 Å². The number of hydrogen-bond acceptors (Lipinski definition) is 3. The number of aromatic amines is 2. The van der Waals surface area contributed by atoms with Gasteiger partial charge in [-0.2, -0.15) is 0 Å². The van der Waals surface area contributed by atoms with Crippen LogP contribution in [0.1, 0.15) is 0 Å². The maximum atomic E-state index is 11.9. The molecule has 4 N–H and O–H groups in total. The molecule has 0 bridgehead atoms. The summed E-state index contributed by atoms with van der Waals surface area (Å²) < 4.78 is 0. The molecule has 0 fully saturated rings. The Morgan fingerprint density at radius 1 is 1.00 bits per heavy atom. The molecule has 4 rings (SSSR count). The molecule has 3 aromatic heterocycles. The maximum Gasteiger partial charge on any atom is 0.319 e. The summed E-state index contributed by atoms with van der Waals surface area (Å²) in [6.45, 7) is 3.98. The lowest BCUT2D eigenvalue weighted by Crippen LogP contribution is -2.28. The van der Waals surface area contributed by atoms with Crippen LogP contribution in [0, 0.1) is 0 Å². The fraction of sp³-hybridized carbons (Fsp3) is 0.0500. The fourth-order valence-corrected chi connectivity index (χ4v) is 2.80. The highest BCUT2D eigenvalue weighted by Crippen LogP contribution is 2.29. The van der Waals surface area contributed by atoms with Crippen LogP contribution >= 0.6 is 0 Å². The Hall–Kier alpha value is -3.87. The number of nitrogens with zero attached hydrogens (tertiary/aromatic N) is 2. The van der Waals surface area contributed by atoms with Crippen LogP contribution in [0.3, 0.4) is 0 Å². The summed E-state index contributed by atoms with van der Waals surface area (Å²) in [4.78, 5) is 27.8. The molecule has 27 heavy (non-hydrogen) atoms. The van der Waals surface area contributed by atoms with Crippen molar-refractivity contribution >= 4 is 22.8 Å². The van der Waals surface area contributed by atoms with Crippen molar-refractivity contribution in [1.82, 2.24) is 25.3 Å². The van der Waals surface area contributed by atoms with Crippen molar-refractivity contribution in [1.29, 1.82) is 0 Å². The zero-order chi connectivity index (χ0) is 18.6. The average Bonchev–Trinajstić information content (AvgIpc) is 3.39. The second-order valence-electron chi connectivity index (χ2n) is 5.92. The van der Waals surface area contributed by atoms with Crippen molar-refractivity contribution in [2.75, 3.05) is 11.9 Å². The number of H-pyrrole nitrogens is 2. The van der Waals surface area contributed by atoms with Gasteiger partial charge in [0, 0.05) is 24.6 Å². The van der Waals surface area contributed by atoms with Gasteiger partial charge in [-0.1, -0.05) is 6.08 Å². The number of aromatic nitrogens is 4. The second-order valence-corrected chi connectivity index (χ2v) is 5.92. The number of nitrogens with one attached hydrogen (secondary N) is 4. The Balaban J connectivity index is 1.77. The Labute approximate surface area is 155 Å². The predicted molar refractivity (Wildman–Crippen MR) is 106 cm³/mol. The van der Waals surface area contributed by atoms with Crippen molar-refractivity contribution in [2.45, 2.75) is 0 Å². The third-order valence-corrected chi connectivity index (χ3v) is 4.04. The summed E-state index contributed by atoms with van der Waals surface area (Å²) >= 11 is 0. The first kappa shape index (κ1) is 16.6. The number of carbonyl (C=O) groups excluding carboxylic acids is 1. The van der Waals surface area contributed by atoms with E-state index >= 15 is 0 Å². The fourth-order valence-electron chi connectivity index (χ4n) is 2.80. The van der Waals surface area contributed by atoms with Crippen molar-refractivity contribution in [3.8, 4) is 22.8 Å². The van der Waals surface area contributed by atoms with Crippen LogP contribution in [-0.2, 0) is 0 Å². The van der Waals surface area contributed by atoms with E-state index < -0.39 is 0 Å². The van der Waals surface area contributed by atoms with Gasteiger partial charge in [0.15, 0.2) is 0 Å². The average molecular weight is 358 g/mol. The van der Waals surface area contributed by atoms with Crippen LogP contribution < -0.4 is 10.6 Å². The van der Waals surface area contributed by atoms with Crippen LogP contribution in [0.25, 0.3) is 33.8 Å². The SMILES string of the molecule is C=CCNC(=O)Nc1ccc2nc(-c3ccc[nH]3)c(-c3ccc[nH]3)nc2c1. The molecular weight excluding hydrogens is 340 g/mol. The van der Waals surface area contributed by atoms with E-state index in [1.807, 2.05) is 42.7 Å². The lowest BCUT2D eigenvalue weighted by atomic mass is 10.1. The standard InChI is InChI=1S/C20H18N6O/c1-2-9-23-20(27)24-13-7-8-14-17(12-13)26-19(16-6-4-11-22-16)18(25-14)15-5-3-10-21-15/h2-8,10-12,21-22H,1,9H2,(H2,23,24,27). The van der Waals surface area contributed by atoms with E-state index in [0.717, 1.165) is 28.3 Å². The van der Waals surface area contributed by atoms with E-state index in [1.54, 1.807) is 18.2 Å². The molecule has 0 aliphatic rings. The molecule has 0 atom stereocenters. The molecule has 0 radical (unpaired) electrons. The van der Waals surface area contributed by atoms with E-state index in [9.17, 15) is 4.79 Å². The molecule has 0 spiro atoms. The number of carbonyl (C=O) groups is 1. The number of amides is 2. The van der Waals surface area contributed by atoms with Crippen LogP contribution in [-0.4, -0.2) is 32.5 Å². The third kappa shape index (κ3) is 3.43. The van der Waals surface area contributed by atoms with Crippen LogP contribution in [0.15, 0.2) is 67.5 Å². The van der Waals surface area contributed by atoms with Gasteiger partial charge in [-0.05, 0) is 42.5 Å². The largest absolute Gasteiger partial charge is 0.360 e. The molecule has 2 amide bonds. The van der Waals surface area contributed by atoms with Gasteiger partial charge in [-0.25, -0.2) is 14.8 Å². The van der Waals surface area contributed by atoms with Gasteiger partial charge in [0.05, 0.1) is 22.4 Å². The Morgan fingerprint density at radius 3 is 2.26 bits per heavy atom. The molecule has 3 heterocycles. The number of anilines is 1. The number of urea groups is 1. The summed E-state index contributed by atoms with van der Waals surface area (Å²) in [5.74, 6) is 0. The predicted octanol–water partition coefficient (Wildman–Crippen LogP) is 3.93. The zero-order valence-electron chi connectivity index (χ0n) is 14.5. The molecule has 7 heteroatoms. The molecule has 4 aromatic rings. The Kier molecular flexibility index (Phi) is 4.40. The van der Waals surface area contributed by atoms with Gasteiger partial charge in [-0.3, -0.25) is 0 Å². The molecule has 7 nitrogen and oxygen atoms in total. The minimum absolute atomic E-state index is 0.296. The maximum absolute atomic E-state index is 11.9.